The zero-order chi connectivity index (χ0) is 25.6. The van der Waals surface area contributed by atoms with E-state index in [9.17, 15) is 28.1 Å². The second kappa shape index (κ2) is 11.0. The number of ether oxygens (including phenoxy) is 1. The zero-order valence-electron chi connectivity index (χ0n) is 18.4. The lowest BCUT2D eigenvalue weighted by Gasteiger charge is -2.24. The zero-order valence-corrected chi connectivity index (χ0v) is 20.0. The fourth-order valence-electron chi connectivity index (χ4n) is 3.07. The van der Waals surface area contributed by atoms with Crippen molar-refractivity contribution in [2.24, 2.45) is 0 Å². The first-order valence-corrected chi connectivity index (χ1v) is 12.0. The SMILES string of the molecule is CCOC(=O)c1cc(NC(=O)CN(c2ccc([N+](=O)[O-])cc2)S(=O)(=O)c2ccccc2)ccc1Cl. The molecule has 0 bridgehead atoms. The van der Waals surface area contributed by atoms with Crippen molar-refractivity contribution in [2.45, 2.75) is 11.8 Å². The predicted octanol–water partition coefficient (Wildman–Crippen LogP) is 4.26. The molecule has 0 atom stereocenters. The van der Waals surface area contributed by atoms with Crippen LogP contribution in [0.2, 0.25) is 5.02 Å². The van der Waals surface area contributed by atoms with E-state index in [4.69, 9.17) is 16.3 Å². The minimum absolute atomic E-state index is 0.0375. The lowest BCUT2D eigenvalue weighted by Crippen LogP contribution is -2.38. The molecule has 0 saturated heterocycles. The minimum Gasteiger partial charge on any atom is -0.462 e. The Morgan fingerprint density at radius 2 is 1.71 bits per heavy atom. The lowest BCUT2D eigenvalue weighted by atomic mass is 10.2. The number of non-ortho nitro benzene ring substituents is 1. The van der Waals surface area contributed by atoms with Crippen LogP contribution in [0, 0.1) is 10.1 Å². The summed E-state index contributed by atoms with van der Waals surface area (Å²) < 4.78 is 32.4. The van der Waals surface area contributed by atoms with E-state index < -0.39 is 33.4 Å². The maximum atomic E-state index is 13.3. The third-order valence-corrected chi connectivity index (χ3v) is 6.83. The van der Waals surface area contributed by atoms with Crippen LogP contribution in [0.5, 0.6) is 0 Å². The van der Waals surface area contributed by atoms with Crippen LogP contribution in [0.15, 0.2) is 77.7 Å². The van der Waals surface area contributed by atoms with Crippen LogP contribution in [0.25, 0.3) is 0 Å². The number of benzene rings is 3. The van der Waals surface area contributed by atoms with Gasteiger partial charge in [0.15, 0.2) is 0 Å². The average molecular weight is 518 g/mol. The molecule has 12 heteroatoms. The van der Waals surface area contributed by atoms with Crippen molar-refractivity contribution in [3.05, 3.63) is 93.5 Å². The summed E-state index contributed by atoms with van der Waals surface area (Å²) in [7, 11) is -4.20. The van der Waals surface area contributed by atoms with Crippen LogP contribution in [-0.2, 0) is 19.6 Å². The first-order chi connectivity index (χ1) is 16.6. The molecule has 35 heavy (non-hydrogen) atoms. The lowest BCUT2D eigenvalue weighted by molar-refractivity contribution is -0.384. The topological polar surface area (TPSA) is 136 Å². The molecule has 1 N–H and O–H groups in total. The van der Waals surface area contributed by atoms with E-state index in [-0.39, 0.29) is 39.2 Å². The highest BCUT2D eigenvalue weighted by Gasteiger charge is 2.28. The summed E-state index contributed by atoms with van der Waals surface area (Å²) >= 11 is 6.04. The van der Waals surface area contributed by atoms with Gasteiger partial charge in [0, 0.05) is 17.8 Å². The van der Waals surface area contributed by atoms with Gasteiger partial charge in [0.2, 0.25) is 5.91 Å². The van der Waals surface area contributed by atoms with Gasteiger partial charge >= 0.3 is 5.97 Å². The molecule has 10 nitrogen and oxygen atoms in total. The van der Waals surface area contributed by atoms with Gasteiger partial charge in [0.25, 0.3) is 15.7 Å². The van der Waals surface area contributed by atoms with Gasteiger partial charge in [-0.15, -0.1) is 0 Å². The molecule has 0 radical (unpaired) electrons. The van der Waals surface area contributed by atoms with Gasteiger partial charge in [0.1, 0.15) is 6.54 Å². The largest absolute Gasteiger partial charge is 0.462 e. The molecule has 0 spiro atoms. The van der Waals surface area contributed by atoms with Crippen LogP contribution in [-0.4, -0.2) is 38.4 Å². The van der Waals surface area contributed by atoms with E-state index in [0.717, 1.165) is 16.4 Å². The Kier molecular flexibility index (Phi) is 8.05. The number of rotatable bonds is 9. The molecule has 0 aliphatic carbocycles. The third kappa shape index (κ3) is 6.14. The second-order valence-corrected chi connectivity index (χ2v) is 9.33. The van der Waals surface area contributed by atoms with Crippen molar-refractivity contribution in [1.29, 1.82) is 0 Å². The Morgan fingerprint density at radius 3 is 2.31 bits per heavy atom. The first kappa shape index (κ1) is 25.7. The summed E-state index contributed by atoms with van der Waals surface area (Å²) in [6, 6.07) is 16.4. The highest BCUT2D eigenvalue weighted by molar-refractivity contribution is 7.92. The number of hydrogen-bond donors (Lipinski definition) is 1. The highest BCUT2D eigenvalue weighted by atomic mass is 35.5. The number of nitro groups is 1. The number of carbonyl (C=O) groups excluding carboxylic acids is 2. The van der Waals surface area contributed by atoms with Crippen molar-refractivity contribution in [3.8, 4) is 0 Å². The van der Waals surface area contributed by atoms with Gasteiger partial charge in [-0.3, -0.25) is 19.2 Å². The summed E-state index contributed by atoms with van der Waals surface area (Å²) in [5.41, 5.74) is 0.0551. The molecule has 0 fully saturated rings. The standard InChI is InChI=1S/C23H20ClN3O7S/c1-2-34-23(29)20-14-16(8-13-21(20)24)25-22(28)15-26(17-9-11-18(12-10-17)27(30)31)35(32,33)19-6-4-3-5-7-19/h3-14H,2,15H2,1H3,(H,25,28). The smallest absolute Gasteiger partial charge is 0.339 e. The van der Waals surface area contributed by atoms with Gasteiger partial charge < -0.3 is 10.1 Å². The van der Waals surface area contributed by atoms with Gasteiger partial charge in [-0.1, -0.05) is 29.8 Å². The van der Waals surface area contributed by atoms with Crippen molar-refractivity contribution in [1.82, 2.24) is 0 Å². The van der Waals surface area contributed by atoms with Gasteiger partial charge in [-0.05, 0) is 49.4 Å². The molecule has 0 heterocycles. The van der Waals surface area contributed by atoms with Crippen LogP contribution >= 0.6 is 11.6 Å². The number of nitrogens with zero attached hydrogens (tertiary/aromatic N) is 2. The van der Waals surface area contributed by atoms with E-state index in [1.54, 1.807) is 13.0 Å². The normalized spacial score (nSPS) is 10.9. The summed E-state index contributed by atoms with van der Waals surface area (Å²) in [6.07, 6.45) is 0. The molecular formula is C23H20ClN3O7S. The Morgan fingerprint density at radius 1 is 1.06 bits per heavy atom. The molecule has 0 aromatic heterocycles. The number of hydrogen-bond acceptors (Lipinski definition) is 7. The number of nitrogens with one attached hydrogen (secondary N) is 1. The Bertz CT molecular complexity index is 1350. The molecule has 1 amide bonds. The van der Waals surface area contributed by atoms with Crippen molar-refractivity contribution in [2.75, 3.05) is 22.8 Å². The van der Waals surface area contributed by atoms with Crippen LogP contribution in [0.3, 0.4) is 0 Å². The number of carbonyl (C=O) groups is 2. The number of esters is 1. The summed E-state index contributed by atoms with van der Waals surface area (Å²) in [5.74, 6) is -1.40. The van der Waals surface area contributed by atoms with Gasteiger partial charge in [0.05, 0.1) is 32.7 Å². The quantitative estimate of drug-likeness (QED) is 0.254. The van der Waals surface area contributed by atoms with Crippen molar-refractivity contribution >= 4 is 50.6 Å². The molecule has 0 aliphatic heterocycles. The molecule has 0 aliphatic rings. The average Bonchev–Trinajstić information content (AvgIpc) is 2.84. The van der Waals surface area contributed by atoms with E-state index in [0.29, 0.717) is 0 Å². The van der Waals surface area contributed by atoms with Gasteiger partial charge in [-0.2, -0.15) is 0 Å². The van der Waals surface area contributed by atoms with Crippen LogP contribution in [0.1, 0.15) is 17.3 Å². The Hall–Kier alpha value is -3.96. The molecule has 3 aromatic carbocycles. The summed E-state index contributed by atoms with van der Waals surface area (Å²) in [4.78, 5) is 35.2. The summed E-state index contributed by atoms with van der Waals surface area (Å²) in [6.45, 7) is 1.12. The Balaban J connectivity index is 1.92. The number of anilines is 2. The predicted molar refractivity (Wildman–Crippen MR) is 130 cm³/mol. The van der Waals surface area contributed by atoms with E-state index in [2.05, 4.69) is 5.32 Å². The molecule has 182 valence electrons. The highest BCUT2D eigenvalue weighted by Crippen LogP contribution is 2.26. The third-order valence-electron chi connectivity index (χ3n) is 4.71. The number of nitro benzene ring substituents is 1. The molecule has 0 saturated carbocycles. The molecule has 0 unspecified atom stereocenters. The monoisotopic (exact) mass is 517 g/mol. The van der Waals surface area contributed by atoms with E-state index >= 15 is 0 Å². The van der Waals surface area contributed by atoms with Crippen LogP contribution in [0.4, 0.5) is 17.1 Å². The van der Waals surface area contributed by atoms with Crippen LogP contribution < -0.4 is 9.62 Å². The van der Waals surface area contributed by atoms with E-state index in [1.807, 2.05) is 0 Å². The number of sulfonamides is 1. The van der Waals surface area contributed by atoms with Crippen molar-refractivity contribution in [3.63, 3.8) is 0 Å². The number of halogens is 1. The second-order valence-electron chi connectivity index (χ2n) is 7.06. The maximum absolute atomic E-state index is 13.3. The number of amides is 1. The Labute approximate surface area is 206 Å². The maximum Gasteiger partial charge on any atom is 0.339 e. The molecule has 3 rings (SSSR count). The van der Waals surface area contributed by atoms with Crippen molar-refractivity contribution < 1.29 is 27.7 Å². The van der Waals surface area contributed by atoms with Gasteiger partial charge in [-0.25, -0.2) is 13.2 Å². The molecule has 3 aromatic rings. The first-order valence-electron chi connectivity index (χ1n) is 10.2. The minimum atomic E-state index is -4.20. The molecular weight excluding hydrogens is 498 g/mol. The fraction of sp³-hybridized carbons (Fsp3) is 0.130. The summed E-state index contributed by atoms with van der Waals surface area (Å²) in [5, 5.41) is 13.7. The van der Waals surface area contributed by atoms with E-state index in [1.165, 1.54) is 54.6 Å². The fourth-order valence-corrected chi connectivity index (χ4v) is 4.71.